The molecule has 1 aliphatic rings. The van der Waals surface area contributed by atoms with Gasteiger partial charge in [-0.1, -0.05) is 18.2 Å². The molecule has 0 aromatic carbocycles. The smallest absolute Gasteiger partial charge is 0.251 e. The molecule has 0 radical (unpaired) electrons. The number of carbonyl (C=O) groups is 1. The second-order valence-corrected chi connectivity index (χ2v) is 8.08. The van der Waals surface area contributed by atoms with E-state index in [9.17, 15) is 15.0 Å². The minimum absolute atomic E-state index is 0.379. The number of likely N-dealkylation sites (N-methyl/N-ethyl adjacent to an activating group) is 1. The quantitative estimate of drug-likeness (QED) is 0.289. The maximum atomic E-state index is 12.1. The highest BCUT2D eigenvalue weighted by Crippen LogP contribution is 2.33. The summed E-state index contributed by atoms with van der Waals surface area (Å²) in [6.07, 6.45) is 0.672. The predicted molar refractivity (Wildman–Crippen MR) is 124 cm³/mol. The van der Waals surface area contributed by atoms with E-state index in [0.29, 0.717) is 40.6 Å². The molecule has 4 aromatic rings. The lowest BCUT2D eigenvalue weighted by Crippen LogP contribution is -2.41. The Hall–Kier alpha value is -3.94. The number of fused-ring (bicyclic) bond motifs is 1. The highest BCUT2D eigenvalue weighted by atomic mass is 16.6. The van der Waals surface area contributed by atoms with Crippen LogP contribution < -0.4 is 10.6 Å². The molecule has 1 aliphatic heterocycles. The highest BCUT2D eigenvalue weighted by Gasteiger charge is 2.47. The van der Waals surface area contributed by atoms with Crippen molar-refractivity contribution >= 4 is 22.8 Å². The van der Waals surface area contributed by atoms with Crippen LogP contribution in [0.2, 0.25) is 0 Å². The van der Waals surface area contributed by atoms with Crippen LogP contribution in [0.15, 0.2) is 43.0 Å². The van der Waals surface area contributed by atoms with E-state index in [-0.39, 0.29) is 0 Å². The van der Waals surface area contributed by atoms with Gasteiger partial charge in [-0.15, -0.1) is 5.10 Å². The predicted octanol–water partition coefficient (Wildman–Crippen LogP) is 0.261. The molecule has 4 N–H and O–H groups in total. The van der Waals surface area contributed by atoms with Crippen LogP contribution in [-0.4, -0.2) is 82.5 Å². The number of pyridine rings is 2. The Morgan fingerprint density at radius 2 is 2.06 bits per heavy atom. The van der Waals surface area contributed by atoms with Gasteiger partial charge in [0.15, 0.2) is 23.8 Å². The van der Waals surface area contributed by atoms with Crippen molar-refractivity contribution in [3.63, 3.8) is 0 Å². The summed E-state index contributed by atoms with van der Waals surface area (Å²) >= 11 is 0. The molecule has 4 atom stereocenters. The second kappa shape index (κ2) is 9.37. The van der Waals surface area contributed by atoms with Gasteiger partial charge in [-0.25, -0.2) is 14.6 Å². The average Bonchev–Trinajstić information content (AvgIpc) is 3.61. The third-order valence-electron chi connectivity index (χ3n) is 5.75. The molecule has 35 heavy (non-hydrogen) atoms. The molecule has 4 aromatic heterocycles. The zero-order valence-electron chi connectivity index (χ0n) is 19.1. The van der Waals surface area contributed by atoms with Crippen molar-refractivity contribution in [1.29, 1.82) is 0 Å². The number of aromatic nitrogens is 7. The summed E-state index contributed by atoms with van der Waals surface area (Å²) in [6.45, 7) is 2.74. The van der Waals surface area contributed by atoms with E-state index in [1.807, 2.05) is 25.1 Å². The van der Waals surface area contributed by atoms with Gasteiger partial charge >= 0.3 is 0 Å². The number of ether oxygens (including phenoxy) is 1. The zero-order valence-corrected chi connectivity index (χ0v) is 19.1. The lowest BCUT2D eigenvalue weighted by atomic mass is 10.1. The van der Waals surface area contributed by atoms with E-state index >= 15 is 0 Å². The molecule has 0 spiro atoms. The van der Waals surface area contributed by atoms with Crippen LogP contribution >= 0.6 is 0 Å². The first-order valence-electron chi connectivity index (χ1n) is 11.2. The first kappa shape index (κ1) is 22.8. The molecule has 0 unspecified atom stereocenters. The molecule has 13 nitrogen and oxygen atoms in total. The Kier molecular flexibility index (Phi) is 6.11. The van der Waals surface area contributed by atoms with Crippen LogP contribution in [-0.2, 0) is 9.53 Å². The maximum Gasteiger partial charge on any atom is 0.251 e. The maximum absolute atomic E-state index is 12.1. The molecular weight excluding hydrogens is 454 g/mol. The van der Waals surface area contributed by atoms with E-state index in [1.54, 1.807) is 18.5 Å². The summed E-state index contributed by atoms with van der Waals surface area (Å²) in [7, 11) is 1.43. The Labute approximate surface area is 199 Å². The van der Waals surface area contributed by atoms with Gasteiger partial charge in [0.1, 0.15) is 23.4 Å². The number of carbonyl (C=O) groups excluding carboxylic acids is 1. The number of anilines is 1. The fourth-order valence-corrected chi connectivity index (χ4v) is 3.95. The normalized spacial score (nSPS) is 21.9. The van der Waals surface area contributed by atoms with Gasteiger partial charge in [0, 0.05) is 25.9 Å². The minimum atomic E-state index is -1.41. The zero-order chi connectivity index (χ0) is 24.5. The summed E-state index contributed by atoms with van der Waals surface area (Å²) in [6, 6.07) is 7.33. The van der Waals surface area contributed by atoms with Crippen molar-refractivity contribution in [2.24, 2.45) is 0 Å². The fourth-order valence-electron chi connectivity index (χ4n) is 3.95. The van der Waals surface area contributed by atoms with Gasteiger partial charge in [-0.3, -0.25) is 14.3 Å². The molecule has 1 amide bonds. The molecule has 5 heterocycles. The van der Waals surface area contributed by atoms with Crippen LogP contribution in [0.5, 0.6) is 0 Å². The standard InChI is InChI=1S/C22H25N9O4/c1-3-7-24-13-9-15(31-10-14(28-29-31)12-6-4-5-8-25-12)27-20-16(13)26-11-30(20)22-18(33)17(32)19(35-22)21(34)23-2/h4-6,8-11,17-19,22,32-33H,3,7H2,1-2H3,(H,23,34)(H,24,27)/t17-,18+,19-,22+/m0/s1. The van der Waals surface area contributed by atoms with Crippen LogP contribution in [0.1, 0.15) is 19.6 Å². The number of imidazole rings is 1. The van der Waals surface area contributed by atoms with Gasteiger partial charge in [0.25, 0.3) is 5.91 Å². The molecule has 5 rings (SSSR count). The van der Waals surface area contributed by atoms with Crippen molar-refractivity contribution in [3.8, 4) is 17.2 Å². The topological polar surface area (TPSA) is 165 Å². The summed E-state index contributed by atoms with van der Waals surface area (Å²) in [4.78, 5) is 25.6. The van der Waals surface area contributed by atoms with Crippen LogP contribution in [0.25, 0.3) is 28.4 Å². The molecule has 13 heteroatoms. The Bertz CT molecular complexity index is 1340. The van der Waals surface area contributed by atoms with Gasteiger partial charge in [0.2, 0.25) is 0 Å². The third kappa shape index (κ3) is 4.09. The van der Waals surface area contributed by atoms with Gasteiger partial charge in [0.05, 0.1) is 23.9 Å². The number of amides is 1. The highest BCUT2D eigenvalue weighted by molar-refractivity contribution is 5.87. The largest absolute Gasteiger partial charge is 0.387 e. The van der Waals surface area contributed by atoms with E-state index in [2.05, 4.69) is 30.9 Å². The Morgan fingerprint density at radius 1 is 1.20 bits per heavy atom. The summed E-state index contributed by atoms with van der Waals surface area (Å²) < 4.78 is 8.75. The molecule has 1 saturated heterocycles. The Balaban J connectivity index is 1.58. The third-order valence-corrected chi connectivity index (χ3v) is 5.75. The Morgan fingerprint density at radius 3 is 2.80 bits per heavy atom. The van der Waals surface area contributed by atoms with Gasteiger partial charge in [-0.2, -0.15) is 0 Å². The fraction of sp³-hybridized carbons (Fsp3) is 0.364. The number of hydrogen-bond donors (Lipinski definition) is 4. The SMILES string of the molecule is CCCNc1cc(-n2cc(-c3ccccn3)nn2)nc2c1ncn2[C@@H]1O[C@H](C(=O)NC)[C@@H](O)[C@H]1O. The van der Waals surface area contributed by atoms with Crippen molar-refractivity contribution in [2.45, 2.75) is 37.9 Å². The number of hydrogen-bond acceptors (Lipinski definition) is 10. The summed E-state index contributed by atoms with van der Waals surface area (Å²) in [5.74, 6) is -0.0875. The van der Waals surface area contributed by atoms with E-state index in [0.717, 1.165) is 6.42 Å². The summed E-state index contributed by atoms with van der Waals surface area (Å²) in [5.41, 5.74) is 2.88. The van der Waals surface area contributed by atoms with Crippen LogP contribution in [0, 0.1) is 0 Å². The number of nitrogens with zero attached hydrogens (tertiary/aromatic N) is 7. The van der Waals surface area contributed by atoms with Gasteiger partial charge < -0.3 is 25.6 Å². The van der Waals surface area contributed by atoms with E-state index in [1.165, 1.54) is 22.6 Å². The molecule has 0 aliphatic carbocycles. The molecule has 1 fully saturated rings. The number of aliphatic hydroxyl groups excluding tert-OH is 2. The van der Waals surface area contributed by atoms with E-state index in [4.69, 9.17) is 9.72 Å². The minimum Gasteiger partial charge on any atom is -0.387 e. The molecule has 0 bridgehead atoms. The lowest BCUT2D eigenvalue weighted by Gasteiger charge is -2.17. The second-order valence-electron chi connectivity index (χ2n) is 8.08. The number of rotatable bonds is 7. The molecular formula is C22H25N9O4. The molecule has 182 valence electrons. The first-order chi connectivity index (χ1) is 17.0. The first-order valence-corrected chi connectivity index (χ1v) is 11.2. The number of nitrogens with one attached hydrogen (secondary N) is 2. The van der Waals surface area contributed by atoms with E-state index < -0.39 is 30.4 Å². The van der Waals surface area contributed by atoms with Crippen LogP contribution in [0.4, 0.5) is 5.69 Å². The number of aliphatic hydroxyl groups is 2. The lowest BCUT2D eigenvalue weighted by molar-refractivity contribution is -0.137. The average molecular weight is 480 g/mol. The molecule has 0 saturated carbocycles. The van der Waals surface area contributed by atoms with Crippen LogP contribution in [0.3, 0.4) is 0 Å². The monoisotopic (exact) mass is 479 g/mol. The van der Waals surface area contributed by atoms with Gasteiger partial charge in [-0.05, 0) is 18.6 Å². The van der Waals surface area contributed by atoms with Crippen molar-refractivity contribution < 1.29 is 19.7 Å². The van der Waals surface area contributed by atoms with Crippen molar-refractivity contribution in [3.05, 3.63) is 43.0 Å². The van der Waals surface area contributed by atoms with Crippen molar-refractivity contribution in [1.82, 2.24) is 39.8 Å². The van der Waals surface area contributed by atoms with Crippen molar-refractivity contribution in [2.75, 3.05) is 18.9 Å². The summed E-state index contributed by atoms with van der Waals surface area (Å²) in [5, 5.41) is 35.2.